The van der Waals surface area contributed by atoms with Crippen LogP contribution in [0.2, 0.25) is 5.02 Å². The first-order chi connectivity index (χ1) is 19.8. The van der Waals surface area contributed by atoms with Gasteiger partial charge in [0.25, 0.3) is 10.0 Å². The number of hydrogen-bond acceptors (Lipinski definition) is 4. The molecule has 0 aliphatic carbocycles. The zero-order valence-corrected chi connectivity index (χ0v) is 23.7. The Labute approximate surface area is 245 Å². The van der Waals surface area contributed by atoms with Crippen molar-refractivity contribution in [3.63, 3.8) is 0 Å². The lowest BCUT2D eigenvalue weighted by Crippen LogP contribution is -2.40. The highest BCUT2D eigenvalue weighted by Crippen LogP contribution is 2.38. The molecule has 0 heterocycles. The van der Waals surface area contributed by atoms with E-state index in [1.165, 1.54) is 24.3 Å². The molecule has 0 atom stereocenters. The van der Waals surface area contributed by atoms with Gasteiger partial charge in [-0.2, -0.15) is 13.2 Å². The number of benzene rings is 4. The van der Waals surface area contributed by atoms with Gasteiger partial charge in [-0.15, -0.1) is 0 Å². The second kappa shape index (κ2) is 12.8. The number of ether oxygens (including phenoxy) is 1. The summed E-state index contributed by atoms with van der Waals surface area (Å²) >= 11 is 5.74. The molecule has 0 unspecified atom stereocenters. The number of rotatable bonds is 10. The standard InChI is InChI=1S/C30H25ClF4N2O4S/c1-20-2-13-26(14-3-20)42(39,40)37(24-10-15-28(31)27(16-24)30(33,34)35)18-29(38)36-17-21-6-11-25(12-7-21)41-19-22-4-8-23(32)9-5-22/h2-16H,17-19H2,1H3,(H,36,38). The largest absolute Gasteiger partial charge is 0.489 e. The molecule has 4 aromatic rings. The summed E-state index contributed by atoms with van der Waals surface area (Å²) in [5.74, 6) is -0.556. The van der Waals surface area contributed by atoms with Crippen LogP contribution < -0.4 is 14.4 Å². The van der Waals surface area contributed by atoms with Crippen molar-refractivity contribution in [2.45, 2.75) is 31.1 Å². The zero-order valence-electron chi connectivity index (χ0n) is 22.2. The van der Waals surface area contributed by atoms with Gasteiger partial charge in [0, 0.05) is 6.54 Å². The average molecular weight is 621 g/mol. The van der Waals surface area contributed by atoms with Gasteiger partial charge < -0.3 is 10.1 Å². The summed E-state index contributed by atoms with van der Waals surface area (Å²) in [6.07, 6.45) is -4.84. The summed E-state index contributed by atoms with van der Waals surface area (Å²) in [7, 11) is -4.44. The Balaban J connectivity index is 1.48. The monoisotopic (exact) mass is 620 g/mol. The maximum absolute atomic E-state index is 13.6. The van der Waals surface area contributed by atoms with Crippen LogP contribution in [0.1, 0.15) is 22.3 Å². The molecule has 42 heavy (non-hydrogen) atoms. The fourth-order valence-electron chi connectivity index (χ4n) is 3.88. The predicted molar refractivity (Wildman–Crippen MR) is 151 cm³/mol. The maximum atomic E-state index is 13.6. The third kappa shape index (κ3) is 7.80. The third-order valence-corrected chi connectivity index (χ3v) is 8.29. The van der Waals surface area contributed by atoms with Crippen molar-refractivity contribution in [1.82, 2.24) is 5.32 Å². The summed E-state index contributed by atoms with van der Waals surface area (Å²) in [4.78, 5) is 12.7. The molecular formula is C30H25ClF4N2O4S. The number of nitrogens with zero attached hydrogens (tertiary/aromatic N) is 1. The van der Waals surface area contributed by atoms with Crippen LogP contribution in [0.4, 0.5) is 23.2 Å². The number of carbonyl (C=O) groups is 1. The van der Waals surface area contributed by atoms with Gasteiger partial charge in [-0.3, -0.25) is 9.10 Å². The van der Waals surface area contributed by atoms with E-state index >= 15 is 0 Å². The van der Waals surface area contributed by atoms with E-state index in [0.29, 0.717) is 21.7 Å². The Hall–Kier alpha value is -4.09. The van der Waals surface area contributed by atoms with Crippen LogP contribution >= 0.6 is 11.6 Å². The summed E-state index contributed by atoms with van der Waals surface area (Å²) in [5.41, 5.74) is 0.617. The minimum Gasteiger partial charge on any atom is -0.489 e. The number of anilines is 1. The first kappa shape index (κ1) is 30.9. The van der Waals surface area contributed by atoms with E-state index in [2.05, 4.69) is 5.32 Å². The van der Waals surface area contributed by atoms with Crippen molar-refractivity contribution in [3.05, 3.63) is 124 Å². The maximum Gasteiger partial charge on any atom is 0.417 e. The molecule has 0 aliphatic heterocycles. The van der Waals surface area contributed by atoms with Crippen molar-refractivity contribution in [3.8, 4) is 5.75 Å². The number of halogens is 5. The molecular weight excluding hydrogens is 596 g/mol. The molecule has 0 fully saturated rings. The van der Waals surface area contributed by atoms with E-state index in [0.717, 1.165) is 23.3 Å². The van der Waals surface area contributed by atoms with Crippen molar-refractivity contribution < 1.29 is 35.5 Å². The van der Waals surface area contributed by atoms with Crippen LogP contribution in [0.25, 0.3) is 0 Å². The van der Waals surface area contributed by atoms with Gasteiger partial charge in [-0.05, 0) is 72.6 Å². The number of sulfonamides is 1. The van der Waals surface area contributed by atoms with Crippen molar-refractivity contribution in [2.75, 3.05) is 10.8 Å². The highest BCUT2D eigenvalue weighted by molar-refractivity contribution is 7.92. The topological polar surface area (TPSA) is 75.7 Å². The molecule has 0 saturated heterocycles. The fraction of sp³-hybridized carbons (Fsp3) is 0.167. The summed E-state index contributed by atoms with van der Waals surface area (Å²) in [6, 6.07) is 21.0. The van der Waals surface area contributed by atoms with Crippen LogP contribution in [-0.4, -0.2) is 20.9 Å². The second-order valence-electron chi connectivity index (χ2n) is 9.32. The van der Waals surface area contributed by atoms with Gasteiger partial charge in [0.05, 0.1) is 21.2 Å². The molecule has 220 valence electrons. The van der Waals surface area contributed by atoms with Crippen molar-refractivity contribution in [1.29, 1.82) is 0 Å². The Morgan fingerprint density at radius 1 is 0.905 bits per heavy atom. The van der Waals surface area contributed by atoms with Crippen LogP contribution in [0.3, 0.4) is 0 Å². The number of alkyl halides is 3. The van der Waals surface area contributed by atoms with Crippen molar-refractivity contribution in [2.24, 2.45) is 0 Å². The minimum absolute atomic E-state index is 0.0178. The smallest absolute Gasteiger partial charge is 0.417 e. The van der Waals surface area contributed by atoms with Gasteiger partial charge >= 0.3 is 6.18 Å². The molecule has 0 saturated carbocycles. The number of aryl methyl sites for hydroxylation is 1. The molecule has 4 aromatic carbocycles. The molecule has 0 aliphatic rings. The van der Waals surface area contributed by atoms with Gasteiger partial charge in [0.15, 0.2) is 0 Å². The SMILES string of the molecule is Cc1ccc(S(=O)(=O)N(CC(=O)NCc2ccc(OCc3ccc(F)cc3)cc2)c2ccc(Cl)c(C(F)(F)F)c2)cc1. The van der Waals surface area contributed by atoms with Gasteiger partial charge in [0.1, 0.15) is 24.7 Å². The van der Waals surface area contributed by atoms with E-state index in [1.807, 2.05) is 0 Å². The van der Waals surface area contributed by atoms with E-state index < -0.39 is 39.2 Å². The lowest BCUT2D eigenvalue weighted by Gasteiger charge is -2.25. The second-order valence-corrected chi connectivity index (χ2v) is 11.6. The van der Waals surface area contributed by atoms with Gasteiger partial charge in [0.2, 0.25) is 5.91 Å². The Morgan fingerprint density at radius 3 is 2.14 bits per heavy atom. The molecule has 4 rings (SSSR count). The van der Waals surface area contributed by atoms with Crippen LogP contribution in [0.5, 0.6) is 5.75 Å². The molecule has 1 N–H and O–H groups in total. The summed E-state index contributed by atoms with van der Waals surface area (Å²) in [6.45, 7) is 1.21. The molecule has 1 amide bonds. The van der Waals surface area contributed by atoms with E-state index in [9.17, 15) is 30.8 Å². The number of hydrogen-bond donors (Lipinski definition) is 1. The minimum atomic E-state index is -4.84. The summed E-state index contributed by atoms with van der Waals surface area (Å²) < 4.78 is 87.0. The molecule has 12 heteroatoms. The van der Waals surface area contributed by atoms with Crippen LogP contribution in [-0.2, 0) is 34.1 Å². The number of carbonyl (C=O) groups excluding carboxylic acids is 1. The lowest BCUT2D eigenvalue weighted by atomic mass is 10.2. The lowest BCUT2D eigenvalue weighted by molar-refractivity contribution is -0.137. The van der Waals surface area contributed by atoms with E-state index in [1.54, 1.807) is 55.5 Å². The first-order valence-corrected chi connectivity index (χ1v) is 14.3. The molecule has 0 radical (unpaired) electrons. The molecule has 0 spiro atoms. The van der Waals surface area contributed by atoms with E-state index in [-0.39, 0.29) is 29.6 Å². The number of nitrogens with one attached hydrogen (secondary N) is 1. The van der Waals surface area contributed by atoms with Gasteiger partial charge in [-0.25, -0.2) is 12.8 Å². The highest BCUT2D eigenvalue weighted by Gasteiger charge is 2.35. The Morgan fingerprint density at radius 2 is 1.52 bits per heavy atom. The first-order valence-electron chi connectivity index (χ1n) is 12.5. The molecule has 6 nitrogen and oxygen atoms in total. The zero-order chi connectivity index (χ0) is 30.5. The van der Waals surface area contributed by atoms with Crippen LogP contribution in [0.15, 0.2) is 95.9 Å². The predicted octanol–water partition coefficient (Wildman–Crippen LogP) is 6.90. The molecule has 0 aromatic heterocycles. The number of amides is 1. The van der Waals surface area contributed by atoms with E-state index in [4.69, 9.17) is 16.3 Å². The molecule has 0 bridgehead atoms. The van der Waals surface area contributed by atoms with Gasteiger partial charge in [-0.1, -0.05) is 53.6 Å². The Bertz CT molecular complexity index is 1650. The third-order valence-electron chi connectivity index (χ3n) is 6.17. The Kier molecular flexibility index (Phi) is 9.43. The normalized spacial score (nSPS) is 11.7. The van der Waals surface area contributed by atoms with Crippen molar-refractivity contribution >= 4 is 33.2 Å². The average Bonchev–Trinajstić information content (AvgIpc) is 2.95. The summed E-state index contributed by atoms with van der Waals surface area (Å²) in [5, 5.41) is 2.00. The fourth-order valence-corrected chi connectivity index (χ4v) is 5.51. The van der Waals surface area contributed by atoms with Crippen LogP contribution in [0, 0.1) is 12.7 Å². The highest BCUT2D eigenvalue weighted by atomic mass is 35.5. The quantitative estimate of drug-likeness (QED) is 0.196.